The molecule has 1 heterocycles. The highest BCUT2D eigenvalue weighted by molar-refractivity contribution is 7.94. The molecule has 0 fully saturated rings. The predicted octanol–water partition coefficient (Wildman–Crippen LogP) is 1.32. The van der Waals surface area contributed by atoms with Crippen LogP contribution in [0.5, 0.6) is 0 Å². The number of aromatic nitrogens is 1. The predicted molar refractivity (Wildman–Crippen MR) is 61.8 cm³/mol. The van der Waals surface area contributed by atoms with Crippen molar-refractivity contribution in [3.63, 3.8) is 0 Å². The summed E-state index contributed by atoms with van der Waals surface area (Å²) in [5.74, 6) is -0.675. The van der Waals surface area contributed by atoms with Crippen molar-refractivity contribution >= 4 is 15.8 Å². The molecule has 5 nitrogen and oxygen atoms in total. The average Bonchev–Trinajstić information content (AvgIpc) is 2.35. The molecule has 0 aliphatic carbocycles. The maximum absolute atomic E-state index is 11.7. The Morgan fingerprint density at radius 3 is 2.82 bits per heavy atom. The van der Waals surface area contributed by atoms with E-state index < -0.39 is 15.8 Å². The number of esters is 1. The molecule has 1 rings (SSSR count). The van der Waals surface area contributed by atoms with Crippen LogP contribution in [-0.4, -0.2) is 26.0 Å². The number of nitrogens with zero attached hydrogens (tertiary/aromatic N) is 1. The number of hydrogen-bond donors (Lipinski definition) is 0. The summed E-state index contributed by atoms with van der Waals surface area (Å²) in [5, 5.41) is 0.701. The number of sulfone groups is 1. The Morgan fingerprint density at radius 2 is 2.24 bits per heavy atom. The summed E-state index contributed by atoms with van der Waals surface area (Å²) in [7, 11) is -3.67. The van der Waals surface area contributed by atoms with Crippen molar-refractivity contribution in [3.05, 3.63) is 35.9 Å². The summed E-state index contributed by atoms with van der Waals surface area (Å²) >= 11 is 0. The molecule has 0 unspecified atom stereocenters. The molecule has 0 aliphatic heterocycles. The highest BCUT2D eigenvalue weighted by atomic mass is 32.2. The van der Waals surface area contributed by atoms with Gasteiger partial charge in [0.25, 0.3) is 0 Å². The van der Waals surface area contributed by atoms with E-state index >= 15 is 0 Å². The van der Waals surface area contributed by atoms with Gasteiger partial charge in [-0.25, -0.2) is 18.2 Å². The zero-order valence-electron chi connectivity index (χ0n) is 9.37. The lowest BCUT2D eigenvalue weighted by molar-refractivity contribution is -0.137. The molecule has 0 N–H and O–H groups in total. The van der Waals surface area contributed by atoms with Crippen LogP contribution in [0, 0.1) is 0 Å². The van der Waals surface area contributed by atoms with Crippen LogP contribution in [0.15, 0.2) is 40.9 Å². The Labute approximate surface area is 100 Å². The fraction of sp³-hybridized carbons (Fsp3) is 0.273. The molecule has 0 atom stereocenters. The highest BCUT2D eigenvalue weighted by Crippen LogP contribution is 2.07. The van der Waals surface area contributed by atoms with Crippen LogP contribution in [0.4, 0.5) is 0 Å². The van der Waals surface area contributed by atoms with Crippen LogP contribution in [-0.2, 0) is 19.4 Å². The maximum Gasteiger partial charge on any atom is 0.331 e. The first-order valence-corrected chi connectivity index (χ1v) is 6.62. The van der Waals surface area contributed by atoms with Gasteiger partial charge in [0.1, 0.15) is 0 Å². The molecule has 0 amide bonds. The molecule has 0 aliphatic rings. The van der Waals surface area contributed by atoms with Crippen LogP contribution >= 0.6 is 0 Å². The Bertz CT molecular complexity index is 493. The quantitative estimate of drug-likeness (QED) is 0.586. The summed E-state index contributed by atoms with van der Waals surface area (Å²) in [5.41, 5.74) is 0. The second-order valence-electron chi connectivity index (χ2n) is 3.18. The molecule has 0 radical (unpaired) electrons. The van der Waals surface area contributed by atoms with Crippen LogP contribution in [0.2, 0.25) is 0 Å². The highest BCUT2D eigenvalue weighted by Gasteiger charge is 2.11. The normalized spacial score (nSPS) is 11.6. The molecule has 92 valence electrons. The van der Waals surface area contributed by atoms with Crippen LogP contribution in [0.25, 0.3) is 0 Å². The van der Waals surface area contributed by atoms with E-state index in [1.165, 1.54) is 12.3 Å². The van der Waals surface area contributed by atoms with Gasteiger partial charge in [-0.05, 0) is 18.6 Å². The summed E-state index contributed by atoms with van der Waals surface area (Å²) in [6, 6.07) is 4.53. The summed E-state index contributed by atoms with van der Waals surface area (Å²) < 4.78 is 28.0. The minimum atomic E-state index is -3.67. The lowest BCUT2D eigenvalue weighted by Crippen LogP contribution is -2.04. The van der Waals surface area contributed by atoms with E-state index in [4.69, 9.17) is 4.74 Å². The Balaban J connectivity index is 2.74. The molecular weight excluding hydrogens is 242 g/mol. The third-order valence-corrected chi connectivity index (χ3v) is 3.08. The first kappa shape index (κ1) is 13.4. The van der Waals surface area contributed by atoms with Gasteiger partial charge in [0, 0.05) is 17.7 Å². The SMILES string of the molecule is CCCOC(=O)C=CS(=O)(=O)c1ccccn1. The Morgan fingerprint density at radius 1 is 1.47 bits per heavy atom. The third kappa shape index (κ3) is 4.36. The topological polar surface area (TPSA) is 73.3 Å². The van der Waals surface area contributed by atoms with Crippen LogP contribution < -0.4 is 0 Å². The van der Waals surface area contributed by atoms with Crippen molar-refractivity contribution in [2.24, 2.45) is 0 Å². The molecule has 0 bridgehead atoms. The van der Waals surface area contributed by atoms with Gasteiger partial charge in [0.15, 0.2) is 5.03 Å². The van der Waals surface area contributed by atoms with Crippen molar-refractivity contribution < 1.29 is 17.9 Å². The van der Waals surface area contributed by atoms with E-state index in [9.17, 15) is 13.2 Å². The molecule has 0 saturated heterocycles. The monoisotopic (exact) mass is 255 g/mol. The number of carbonyl (C=O) groups excluding carboxylic acids is 1. The van der Waals surface area contributed by atoms with Gasteiger partial charge >= 0.3 is 5.97 Å². The van der Waals surface area contributed by atoms with Gasteiger partial charge in [-0.3, -0.25) is 0 Å². The fourth-order valence-corrected chi connectivity index (χ4v) is 1.89. The number of hydrogen-bond acceptors (Lipinski definition) is 5. The first-order valence-electron chi connectivity index (χ1n) is 5.07. The average molecular weight is 255 g/mol. The third-order valence-electron chi connectivity index (χ3n) is 1.76. The maximum atomic E-state index is 11.7. The second-order valence-corrected chi connectivity index (χ2v) is 4.96. The van der Waals surface area contributed by atoms with Crippen molar-refractivity contribution in [2.45, 2.75) is 18.4 Å². The smallest absolute Gasteiger partial charge is 0.331 e. The number of pyridine rings is 1. The number of rotatable bonds is 5. The van der Waals surface area contributed by atoms with E-state index in [0.29, 0.717) is 6.42 Å². The van der Waals surface area contributed by atoms with Crippen molar-refractivity contribution in [3.8, 4) is 0 Å². The molecule has 0 spiro atoms. The molecule has 0 saturated carbocycles. The molecule has 0 aromatic carbocycles. The molecule has 17 heavy (non-hydrogen) atoms. The van der Waals surface area contributed by atoms with E-state index in [-0.39, 0.29) is 11.6 Å². The zero-order valence-corrected chi connectivity index (χ0v) is 10.2. The summed E-state index contributed by atoms with van der Waals surface area (Å²) in [4.78, 5) is 14.8. The first-order chi connectivity index (χ1) is 8.06. The van der Waals surface area contributed by atoms with Gasteiger partial charge in [0.2, 0.25) is 9.84 Å². The van der Waals surface area contributed by atoms with Gasteiger partial charge in [0.05, 0.1) is 6.61 Å². The standard InChI is InChI=1S/C11H13NO4S/c1-2-8-16-11(13)6-9-17(14,15)10-5-3-4-7-12-10/h3-7,9H,2,8H2,1H3. The second kappa shape index (κ2) is 6.15. The Hall–Kier alpha value is -1.69. The van der Waals surface area contributed by atoms with E-state index in [1.807, 2.05) is 6.92 Å². The lowest BCUT2D eigenvalue weighted by Gasteiger charge is -1.98. The van der Waals surface area contributed by atoms with E-state index in [1.54, 1.807) is 12.1 Å². The summed E-state index contributed by atoms with van der Waals surface area (Å²) in [6.45, 7) is 2.12. The summed E-state index contributed by atoms with van der Waals surface area (Å²) in [6.07, 6.45) is 2.95. The van der Waals surface area contributed by atoms with Crippen LogP contribution in [0.1, 0.15) is 13.3 Å². The largest absolute Gasteiger partial charge is 0.463 e. The number of carbonyl (C=O) groups is 1. The van der Waals surface area contributed by atoms with Gasteiger partial charge < -0.3 is 4.74 Å². The van der Waals surface area contributed by atoms with E-state index in [2.05, 4.69) is 4.98 Å². The molecular formula is C11H13NO4S. The van der Waals surface area contributed by atoms with Gasteiger partial charge in [-0.2, -0.15) is 0 Å². The molecule has 6 heteroatoms. The van der Waals surface area contributed by atoms with Crippen molar-refractivity contribution in [2.75, 3.05) is 6.61 Å². The van der Waals surface area contributed by atoms with Crippen LogP contribution in [0.3, 0.4) is 0 Å². The van der Waals surface area contributed by atoms with Crippen molar-refractivity contribution in [1.29, 1.82) is 0 Å². The fourth-order valence-electron chi connectivity index (χ4n) is 0.981. The van der Waals surface area contributed by atoms with Gasteiger partial charge in [-0.15, -0.1) is 0 Å². The minimum Gasteiger partial charge on any atom is -0.463 e. The van der Waals surface area contributed by atoms with Crippen molar-refractivity contribution in [1.82, 2.24) is 4.98 Å². The van der Waals surface area contributed by atoms with E-state index in [0.717, 1.165) is 11.5 Å². The number of ether oxygens (including phenoxy) is 1. The lowest BCUT2D eigenvalue weighted by atomic mass is 10.5. The zero-order chi connectivity index (χ0) is 12.7. The Kier molecular flexibility index (Phi) is 4.84. The molecule has 1 aromatic rings. The molecule has 1 aromatic heterocycles. The van der Waals surface area contributed by atoms with Gasteiger partial charge in [-0.1, -0.05) is 13.0 Å². The minimum absolute atomic E-state index is 0.0976.